The lowest BCUT2D eigenvalue weighted by Gasteiger charge is -2.08. The highest BCUT2D eigenvalue weighted by atomic mass is 35.5. The summed E-state index contributed by atoms with van der Waals surface area (Å²) in [5.74, 6) is 0.124. The molecule has 0 aliphatic carbocycles. The molecule has 0 amide bonds. The Hall–Kier alpha value is -1.68. The zero-order valence-electron chi connectivity index (χ0n) is 10.1. The Morgan fingerprint density at radius 3 is 2.78 bits per heavy atom. The molecule has 0 spiro atoms. The molecule has 0 saturated carbocycles. The monoisotopic (exact) mass is 266 g/mol. The molecule has 2 rings (SSSR count). The van der Waals surface area contributed by atoms with Crippen molar-refractivity contribution < 1.29 is 9.13 Å². The third-order valence-electron chi connectivity index (χ3n) is 2.39. The minimum Gasteiger partial charge on any atom is -0.477 e. The zero-order chi connectivity index (χ0) is 13.1. The van der Waals surface area contributed by atoms with Crippen molar-refractivity contribution in [2.24, 2.45) is 0 Å². The van der Waals surface area contributed by atoms with Crippen LogP contribution >= 0.6 is 11.6 Å². The van der Waals surface area contributed by atoms with Crippen LogP contribution in [0, 0.1) is 12.7 Å². The van der Waals surface area contributed by atoms with Gasteiger partial charge >= 0.3 is 0 Å². The standard InChI is InChI=1S/C13H12ClFN2O/c1-3-18-13-8(2)17-12(7-16-13)10-5-4-9(15)6-11(10)14/h4-7H,3H2,1-2H3. The lowest BCUT2D eigenvalue weighted by molar-refractivity contribution is 0.322. The number of hydrogen-bond donors (Lipinski definition) is 0. The van der Waals surface area contributed by atoms with E-state index in [-0.39, 0.29) is 5.82 Å². The second-order valence-corrected chi connectivity index (χ2v) is 4.11. The van der Waals surface area contributed by atoms with Crippen LogP contribution in [0.1, 0.15) is 12.6 Å². The summed E-state index contributed by atoms with van der Waals surface area (Å²) in [5.41, 5.74) is 1.92. The van der Waals surface area contributed by atoms with E-state index < -0.39 is 0 Å². The third-order valence-corrected chi connectivity index (χ3v) is 2.70. The average molecular weight is 267 g/mol. The maximum Gasteiger partial charge on any atom is 0.235 e. The first-order chi connectivity index (χ1) is 8.61. The van der Waals surface area contributed by atoms with Crippen molar-refractivity contribution in [2.45, 2.75) is 13.8 Å². The van der Waals surface area contributed by atoms with Crippen LogP contribution in [0.3, 0.4) is 0 Å². The molecule has 3 nitrogen and oxygen atoms in total. The van der Waals surface area contributed by atoms with Crippen LogP contribution in [-0.2, 0) is 0 Å². The van der Waals surface area contributed by atoms with Gasteiger partial charge in [0.2, 0.25) is 5.88 Å². The normalized spacial score (nSPS) is 10.4. The molecule has 18 heavy (non-hydrogen) atoms. The lowest BCUT2D eigenvalue weighted by atomic mass is 10.1. The van der Waals surface area contributed by atoms with Crippen LogP contribution in [-0.4, -0.2) is 16.6 Å². The maximum atomic E-state index is 13.0. The van der Waals surface area contributed by atoms with Gasteiger partial charge in [-0.15, -0.1) is 0 Å². The molecular weight excluding hydrogens is 255 g/mol. The van der Waals surface area contributed by atoms with Gasteiger partial charge in [0, 0.05) is 5.56 Å². The molecule has 1 aromatic heterocycles. The first-order valence-electron chi connectivity index (χ1n) is 5.53. The van der Waals surface area contributed by atoms with E-state index in [9.17, 15) is 4.39 Å². The Morgan fingerprint density at radius 2 is 2.17 bits per heavy atom. The molecule has 0 unspecified atom stereocenters. The van der Waals surface area contributed by atoms with E-state index >= 15 is 0 Å². The van der Waals surface area contributed by atoms with Gasteiger partial charge in [-0.3, -0.25) is 0 Å². The SMILES string of the molecule is CCOc1ncc(-c2ccc(F)cc2Cl)nc1C. The average Bonchev–Trinajstić information content (AvgIpc) is 2.32. The number of halogens is 2. The molecule has 1 heterocycles. The number of nitrogens with zero attached hydrogens (tertiary/aromatic N) is 2. The Kier molecular flexibility index (Phi) is 3.77. The van der Waals surface area contributed by atoms with Crippen molar-refractivity contribution in [1.29, 1.82) is 0 Å². The molecular formula is C13H12ClFN2O. The second-order valence-electron chi connectivity index (χ2n) is 3.70. The van der Waals surface area contributed by atoms with Crippen molar-refractivity contribution >= 4 is 11.6 Å². The van der Waals surface area contributed by atoms with Gasteiger partial charge in [0.1, 0.15) is 11.5 Å². The van der Waals surface area contributed by atoms with Crippen LogP contribution in [0.15, 0.2) is 24.4 Å². The van der Waals surface area contributed by atoms with E-state index in [1.54, 1.807) is 19.2 Å². The summed E-state index contributed by atoms with van der Waals surface area (Å²) in [6.07, 6.45) is 1.57. The largest absolute Gasteiger partial charge is 0.477 e. The molecule has 1 aromatic carbocycles. The summed E-state index contributed by atoms with van der Waals surface area (Å²) in [7, 11) is 0. The molecule has 0 fully saturated rings. The summed E-state index contributed by atoms with van der Waals surface area (Å²) < 4.78 is 18.3. The zero-order valence-corrected chi connectivity index (χ0v) is 10.8. The van der Waals surface area contributed by atoms with Crippen LogP contribution in [0.5, 0.6) is 5.88 Å². The second kappa shape index (κ2) is 5.31. The van der Waals surface area contributed by atoms with Gasteiger partial charge in [-0.25, -0.2) is 14.4 Å². The Bertz CT molecular complexity index is 575. The quantitative estimate of drug-likeness (QED) is 0.851. The molecule has 0 bridgehead atoms. The van der Waals surface area contributed by atoms with Gasteiger partial charge in [0.15, 0.2) is 0 Å². The maximum absolute atomic E-state index is 13.0. The van der Waals surface area contributed by atoms with Gasteiger partial charge in [0.05, 0.1) is 23.5 Å². The molecule has 0 N–H and O–H groups in total. The smallest absolute Gasteiger partial charge is 0.235 e. The van der Waals surface area contributed by atoms with Crippen molar-refractivity contribution in [3.63, 3.8) is 0 Å². The number of aromatic nitrogens is 2. The van der Waals surface area contributed by atoms with Crippen molar-refractivity contribution in [3.8, 4) is 17.1 Å². The minimum atomic E-state index is -0.376. The fourth-order valence-electron chi connectivity index (χ4n) is 1.58. The number of rotatable bonds is 3. The summed E-state index contributed by atoms with van der Waals surface area (Å²) in [5, 5.41) is 0.313. The third kappa shape index (κ3) is 2.59. The van der Waals surface area contributed by atoms with Gasteiger partial charge in [0.25, 0.3) is 0 Å². The molecule has 94 valence electrons. The summed E-state index contributed by atoms with van der Waals surface area (Å²) >= 11 is 5.98. The first-order valence-corrected chi connectivity index (χ1v) is 5.91. The summed E-state index contributed by atoms with van der Waals surface area (Å²) in [6.45, 7) is 4.22. The number of benzene rings is 1. The van der Waals surface area contributed by atoms with E-state index in [0.29, 0.717) is 34.5 Å². The van der Waals surface area contributed by atoms with Gasteiger partial charge in [-0.1, -0.05) is 11.6 Å². The molecule has 0 aliphatic heterocycles. The van der Waals surface area contributed by atoms with E-state index in [2.05, 4.69) is 9.97 Å². The van der Waals surface area contributed by atoms with Crippen LogP contribution in [0.4, 0.5) is 4.39 Å². The number of aryl methyl sites for hydroxylation is 1. The molecule has 2 aromatic rings. The van der Waals surface area contributed by atoms with Crippen LogP contribution in [0.25, 0.3) is 11.3 Å². The van der Waals surface area contributed by atoms with Crippen molar-refractivity contribution in [1.82, 2.24) is 9.97 Å². The summed E-state index contributed by atoms with van der Waals surface area (Å²) in [4.78, 5) is 8.53. The lowest BCUT2D eigenvalue weighted by Crippen LogP contribution is -2.00. The number of hydrogen-bond acceptors (Lipinski definition) is 3. The van der Waals surface area contributed by atoms with E-state index in [4.69, 9.17) is 16.3 Å². The molecule has 0 aliphatic rings. The Morgan fingerprint density at radius 1 is 1.39 bits per heavy atom. The topological polar surface area (TPSA) is 35.0 Å². The minimum absolute atomic E-state index is 0.313. The fraction of sp³-hybridized carbons (Fsp3) is 0.231. The highest BCUT2D eigenvalue weighted by Crippen LogP contribution is 2.28. The summed E-state index contributed by atoms with van der Waals surface area (Å²) in [6, 6.07) is 4.18. The molecule has 0 radical (unpaired) electrons. The molecule has 0 saturated heterocycles. The Labute approximate surface area is 110 Å². The van der Waals surface area contributed by atoms with Crippen molar-refractivity contribution in [3.05, 3.63) is 40.9 Å². The Balaban J connectivity index is 2.42. The van der Waals surface area contributed by atoms with Gasteiger partial charge < -0.3 is 4.74 Å². The molecule has 0 atom stereocenters. The fourth-order valence-corrected chi connectivity index (χ4v) is 1.84. The van der Waals surface area contributed by atoms with Gasteiger partial charge in [-0.05, 0) is 32.0 Å². The molecule has 5 heteroatoms. The first kappa shape index (κ1) is 12.8. The van der Waals surface area contributed by atoms with Crippen LogP contribution < -0.4 is 4.74 Å². The van der Waals surface area contributed by atoms with E-state index in [1.807, 2.05) is 6.92 Å². The van der Waals surface area contributed by atoms with Gasteiger partial charge in [-0.2, -0.15) is 0 Å². The van der Waals surface area contributed by atoms with Crippen molar-refractivity contribution in [2.75, 3.05) is 6.61 Å². The van der Waals surface area contributed by atoms with E-state index in [1.165, 1.54) is 12.1 Å². The highest BCUT2D eigenvalue weighted by Gasteiger charge is 2.09. The predicted molar refractivity (Wildman–Crippen MR) is 68.3 cm³/mol. The van der Waals surface area contributed by atoms with Crippen LogP contribution in [0.2, 0.25) is 5.02 Å². The number of ether oxygens (including phenoxy) is 1. The predicted octanol–water partition coefficient (Wildman–Crippen LogP) is 3.64. The van der Waals surface area contributed by atoms with E-state index in [0.717, 1.165) is 0 Å². The highest BCUT2D eigenvalue weighted by molar-refractivity contribution is 6.33.